The molecule has 1 atom stereocenters. The predicted molar refractivity (Wildman–Crippen MR) is 105 cm³/mol. The van der Waals surface area contributed by atoms with E-state index in [1.165, 1.54) is 29.2 Å². The summed E-state index contributed by atoms with van der Waals surface area (Å²) in [4.78, 5) is 33.0. The summed E-state index contributed by atoms with van der Waals surface area (Å²) in [5, 5.41) is 5.06. The Hall–Kier alpha value is -3.27. The fourth-order valence-corrected chi connectivity index (χ4v) is 3.85. The molecule has 1 aliphatic rings. The number of carbonyl (C=O) groups is 2. The minimum Gasteiger partial charge on any atom is -0.442 e. The van der Waals surface area contributed by atoms with Crippen molar-refractivity contribution in [3.63, 3.8) is 0 Å². The quantitative estimate of drug-likeness (QED) is 0.669. The van der Waals surface area contributed by atoms with Crippen molar-refractivity contribution in [1.82, 2.24) is 19.9 Å². The molecule has 0 saturated carbocycles. The van der Waals surface area contributed by atoms with Gasteiger partial charge in [0.1, 0.15) is 16.9 Å². The topological polar surface area (TPSA) is 89.4 Å². The van der Waals surface area contributed by atoms with Crippen molar-refractivity contribution >= 4 is 29.0 Å². The summed E-state index contributed by atoms with van der Waals surface area (Å²) < 4.78 is 21.9. The van der Waals surface area contributed by atoms with E-state index < -0.39 is 18.0 Å². The summed E-state index contributed by atoms with van der Waals surface area (Å²) >= 11 is 1.36. The highest BCUT2D eigenvalue weighted by Crippen LogP contribution is 2.31. The van der Waals surface area contributed by atoms with E-state index in [4.69, 9.17) is 4.74 Å². The van der Waals surface area contributed by atoms with Crippen LogP contribution in [0.25, 0.3) is 10.6 Å². The highest BCUT2D eigenvalue weighted by molar-refractivity contribution is 7.13. The zero-order valence-electron chi connectivity index (χ0n) is 15.5. The van der Waals surface area contributed by atoms with Crippen LogP contribution in [0.1, 0.15) is 12.6 Å². The number of ether oxygens (including phenoxy) is 1. The first kappa shape index (κ1) is 19.1. The summed E-state index contributed by atoms with van der Waals surface area (Å²) in [6.07, 6.45) is 4.18. The third-order valence-corrected chi connectivity index (χ3v) is 5.33. The molecule has 0 radical (unpaired) electrons. The molecule has 1 saturated heterocycles. The molecule has 3 heterocycles. The molecule has 0 bridgehead atoms. The molecular weight excluding hydrogens is 397 g/mol. The Labute approximate surface area is 170 Å². The molecule has 0 aliphatic carbocycles. The van der Waals surface area contributed by atoms with Crippen LogP contribution in [0.2, 0.25) is 0 Å². The minimum atomic E-state index is -0.565. The van der Waals surface area contributed by atoms with Crippen LogP contribution >= 0.6 is 11.3 Å². The second kappa shape index (κ2) is 8.00. The van der Waals surface area contributed by atoms with E-state index >= 15 is 0 Å². The second-order valence-corrected chi connectivity index (χ2v) is 7.45. The third-order valence-electron chi connectivity index (χ3n) is 4.40. The van der Waals surface area contributed by atoms with E-state index in [0.717, 1.165) is 5.69 Å². The lowest BCUT2D eigenvalue weighted by molar-refractivity contribution is -0.119. The van der Waals surface area contributed by atoms with Gasteiger partial charge in [-0.3, -0.25) is 9.69 Å². The molecule has 1 aromatic carbocycles. The molecule has 10 heteroatoms. The zero-order valence-corrected chi connectivity index (χ0v) is 16.4. The molecule has 2 aromatic heterocycles. The van der Waals surface area contributed by atoms with Gasteiger partial charge in [0.2, 0.25) is 5.91 Å². The van der Waals surface area contributed by atoms with Crippen LogP contribution in [-0.4, -0.2) is 45.7 Å². The molecule has 0 spiro atoms. The Morgan fingerprint density at radius 3 is 3.03 bits per heavy atom. The number of carbonyl (C=O) groups excluding carboxylic acids is 2. The Kier molecular flexibility index (Phi) is 5.26. The molecule has 4 rings (SSSR count). The van der Waals surface area contributed by atoms with Gasteiger partial charge in [-0.25, -0.2) is 19.2 Å². The second-order valence-electron chi connectivity index (χ2n) is 6.60. The molecule has 1 N–H and O–H groups in total. The minimum absolute atomic E-state index is 0.203. The van der Waals surface area contributed by atoms with Crippen LogP contribution < -0.4 is 10.2 Å². The van der Waals surface area contributed by atoms with Gasteiger partial charge in [0, 0.05) is 30.3 Å². The molecule has 1 fully saturated rings. The van der Waals surface area contributed by atoms with Crippen molar-refractivity contribution in [3.05, 3.63) is 53.8 Å². The van der Waals surface area contributed by atoms with E-state index in [9.17, 15) is 14.0 Å². The molecule has 3 aromatic rings. The van der Waals surface area contributed by atoms with Gasteiger partial charge in [-0.2, -0.15) is 0 Å². The van der Waals surface area contributed by atoms with Gasteiger partial charge in [0.25, 0.3) is 0 Å². The van der Waals surface area contributed by atoms with E-state index in [1.54, 1.807) is 24.7 Å². The maximum Gasteiger partial charge on any atom is 0.414 e. The summed E-state index contributed by atoms with van der Waals surface area (Å²) in [6, 6.07) is 4.57. The van der Waals surface area contributed by atoms with E-state index in [-0.39, 0.29) is 19.0 Å². The number of thiazole rings is 1. The highest BCUT2D eigenvalue weighted by atomic mass is 32.1. The zero-order chi connectivity index (χ0) is 20.4. The number of hydrogen-bond donors (Lipinski definition) is 1. The summed E-state index contributed by atoms with van der Waals surface area (Å²) in [5.74, 6) is -0.671. The molecule has 29 heavy (non-hydrogen) atoms. The number of cyclic esters (lactones) is 1. The smallest absolute Gasteiger partial charge is 0.414 e. The molecule has 1 aliphatic heterocycles. The van der Waals surface area contributed by atoms with Gasteiger partial charge in [-0.05, 0) is 18.2 Å². The van der Waals surface area contributed by atoms with Gasteiger partial charge in [-0.1, -0.05) is 0 Å². The maximum absolute atomic E-state index is 14.8. The summed E-state index contributed by atoms with van der Waals surface area (Å²) in [6.45, 7) is 2.41. The van der Waals surface area contributed by atoms with Crippen molar-refractivity contribution in [2.75, 3.05) is 18.0 Å². The average molecular weight is 415 g/mol. The van der Waals surface area contributed by atoms with Crippen LogP contribution in [0, 0.1) is 5.82 Å². The Bertz CT molecular complexity index is 1040. The van der Waals surface area contributed by atoms with Crippen LogP contribution in [0.15, 0.2) is 42.3 Å². The van der Waals surface area contributed by atoms with Crippen molar-refractivity contribution in [2.45, 2.75) is 19.6 Å². The monoisotopic (exact) mass is 415 g/mol. The number of anilines is 1. The third kappa shape index (κ3) is 4.27. The first-order valence-corrected chi connectivity index (χ1v) is 9.80. The first-order valence-electron chi connectivity index (χ1n) is 8.92. The fraction of sp³-hybridized carbons (Fsp3) is 0.263. The number of halogens is 1. The largest absolute Gasteiger partial charge is 0.442 e. The van der Waals surface area contributed by atoms with Crippen molar-refractivity contribution in [1.29, 1.82) is 0 Å². The molecule has 0 unspecified atom stereocenters. The lowest BCUT2D eigenvalue weighted by Gasteiger charge is -2.14. The van der Waals surface area contributed by atoms with Gasteiger partial charge in [-0.15, -0.1) is 11.3 Å². The van der Waals surface area contributed by atoms with Crippen LogP contribution in [-0.2, 0) is 16.1 Å². The number of benzene rings is 1. The van der Waals surface area contributed by atoms with Crippen LogP contribution in [0.4, 0.5) is 14.9 Å². The molecule has 8 nitrogen and oxygen atoms in total. The number of rotatable bonds is 6. The Balaban J connectivity index is 1.48. The molecule has 150 valence electrons. The van der Waals surface area contributed by atoms with Gasteiger partial charge in [0.15, 0.2) is 0 Å². The van der Waals surface area contributed by atoms with Crippen LogP contribution in [0.5, 0.6) is 0 Å². The number of hydrogen-bond acceptors (Lipinski definition) is 6. The standard InChI is InChI=1S/C19H18FN5O3S/c1-12(26)22-7-15-9-25(19(27)28-15)14-2-3-16(17(20)6-14)18-23-13(10-29-18)8-24-5-4-21-11-24/h2-6,10-11,15H,7-9H2,1H3,(H,22,26)/t15-/m0/s1. The number of aromatic nitrogens is 3. The number of imidazole rings is 1. The summed E-state index contributed by atoms with van der Waals surface area (Å²) in [7, 11) is 0. The van der Waals surface area contributed by atoms with E-state index in [2.05, 4.69) is 15.3 Å². The lowest BCUT2D eigenvalue weighted by atomic mass is 10.2. The van der Waals surface area contributed by atoms with Crippen LogP contribution in [0.3, 0.4) is 0 Å². The maximum atomic E-state index is 14.8. The van der Waals surface area contributed by atoms with Crippen molar-refractivity contribution in [2.24, 2.45) is 0 Å². The SMILES string of the molecule is CC(=O)NC[C@H]1CN(c2ccc(-c3nc(Cn4ccnc4)cs3)c(F)c2)C(=O)O1. The normalized spacial score (nSPS) is 16.1. The fourth-order valence-electron chi connectivity index (χ4n) is 3.01. The number of nitrogens with one attached hydrogen (secondary N) is 1. The number of amides is 2. The Morgan fingerprint density at radius 1 is 1.45 bits per heavy atom. The lowest BCUT2D eigenvalue weighted by Crippen LogP contribution is -2.33. The first-order chi connectivity index (χ1) is 14.0. The van der Waals surface area contributed by atoms with Gasteiger partial charge >= 0.3 is 6.09 Å². The molecular formula is C19H18FN5O3S. The van der Waals surface area contributed by atoms with E-state index in [1.807, 2.05) is 16.1 Å². The average Bonchev–Trinajstić information content (AvgIpc) is 3.42. The predicted octanol–water partition coefficient (Wildman–Crippen LogP) is 2.66. The van der Waals surface area contributed by atoms with Crippen molar-refractivity contribution < 1.29 is 18.7 Å². The number of nitrogens with zero attached hydrogens (tertiary/aromatic N) is 4. The van der Waals surface area contributed by atoms with E-state index in [0.29, 0.717) is 22.8 Å². The molecule has 2 amide bonds. The van der Waals surface area contributed by atoms with Gasteiger partial charge < -0.3 is 14.6 Å². The Morgan fingerprint density at radius 2 is 2.31 bits per heavy atom. The van der Waals surface area contributed by atoms with Crippen molar-refractivity contribution in [3.8, 4) is 10.6 Å². The van der Waals surface area contributed by atoms with Gasteiger partial charge in [0.05, 0.1) is 37.3 Å². The highest BCUT2D eigenvalue weighted by Gasteiger charge is 2.32. The summed E-state index contributed by atoms with van der Waals surface area (Å²) in [5.41, 5.74) is 1.59.